The molecule has 5 nitrogen and oxygen atoms in total. The third-order valence-corrected chi connectivity index (χ3v) is 3.98. The first-order valence-corrected chi connectivity index (χ1v) is 7.81. The molecule has 0 saturated heterocycles. The van der Waals surface area contributed by atoms with Crippen molar-refractivity contribution in [2.45, 2.75) is 3.74 Å². The molecule has 0 aliphatic carbocycles. The summed E-state index contributed by atoms with van der Waals surface area (Å²) in [5, 5.41) is 11.9. The highest BCUT2D eigenvalue weighted by Crippen LogP contribution is 2.38. The molecule has 21 heavy (non-hydrogen) atoms. The van der Waals surface area contributed by atoms with E-state index in [4.69, 9.17) is 4.42 Å². The maximum atomic E-state index is 11.1. The van der Waals surface area contributed by atoms with Crippen LogP contribution in [0.1, 0.15) is 9.43 Å². The quantitative estimate of drug-likeness (QED) is 0.337. The molecule has 3 rings (SSSR count). The predicted molar refractivity (Wildman–Crippen MR) is 86.7 cm³/mol. The van der Waals surface area contributed by atoms with Crippen LogP contribution in [0, 0.1) is 10.1 Å². The van der Waals surface area contributed by atoms with E-state index in [1.807, 2.05) is 24.3 Å². The van der Waals surface area contributed by atoms with Gasteiger partial charge >= 0.3 is 5.69 Å². The summed E-state index contributed by atoms with van der Waals surface area (Å²) in [5.74, 6) is 0.237. The fourth-order valence-electron chi connectivity index (χ4n) is 2.14. The fourth-order valence-corrected chi connectivity index (χ4v) is 2.61. The molecule has 0 saturated carbocycles. The van der Waals surface area contributed by atoms with Crippen LogP contribution in [-0.2, 0) is 0 Å². The molecule has 3 aromatic rings. The Balaban J connectivity index is 2.35. The van der Waals surface area contributed by atoms with Gasteiger partial charge in [-0.15, -0.1) is 0 Å². The first-order valence-electron chi connectivity index (χ1n) is 5.98. The minimum absolute atomic E-state index is 0.0574. The number of fused-ring (bicyclic) bond motifs is 1. The van der Waals surface area contributed by atoms with Gasteiger partial charge in [-0.3, -0.25) is 15.1 Å². The van der Waals surface area contributed by atoms with E-state index in [1.54, 1.807) is 6.07 Å². The standard InChI is InChI=1S/C14H8Br2N2O3/c15-14(16)11-7-9(8-3-1-2-4-10(8)17-11)13-12(18(19)20)5-6-21-13/h1-7,14H. The van der Waals surface area contributed by atoms with Crippen molar-refractivity contribution in [3.8, 4) is 11.3 Å². The average molecular weight is 412 g/mol. The lowest BCUT2D eigenvalue weighted by Gasteiger charge is -2.08. The Labute approximate surface area is 136 Å². The van der Waals surface area contributed by atoms with Gasteiger partial charge in [0.15, 0.2) is 0 Å². The van der Waals surface area contributed by atoms with Crippen LogP contribution < -0.4 is 0 Å². The van der Waals surface area contributed by atoms with E-state index in [2.05, 4.69) is 36.8 Å². The van der Waals surface area contributed by atoms with E-state index >= 15 is 0 Å². The number of pyridine rings is 1. The molecule has 2 heterocycles. The van der Waals surface area contributed by atoms with Crippen molar-refractivity contribution in [2.24, 2.45) is 0 Å². The maximum Gasteiger partial charge on any atom is 0.315 e. The first-order chi connectivity index (χ1) is 10.1. The molecule has 106 valence electrons. The minimum atomic E-state index is -0.451. The molecule has 0 unspecified atom stereocenters. The summed E-state index contributed by atoms with van der Waals surface area (Å²) >= 11 is 6.81. The number of rotatable bonds is 3. The van der Waals surface area contributed by atoms with Crippen LogP contribution in [0.25, 0.3) is 22.2 Å². The Morgan fingerprint density at radius 1 is 1.24 bits per heavy atom. The Kier molecular flexibility index (Phi) is 3.77. The van der Waals surface area contributed by atoms with Gasteiger partial charge in [-0.05, 0) is 12.1 Å². The number of halogens is 2. The second-order valence-corrected chi connectivity index (χ2v) is 7.36. The molecule has 0 aliphatic heterocycles. The number of benzene rings is 1. The molecule has 1 aromatic carbocycles. The van der Waals surface area contributed by atoms with Crippen LogP contribution in [0.3, 0.4) is 0 Å². The van der Waals surface area contributed by atoms with Crippen molar-refractivity contribution in [1.82, 2.24) is 4.98 Å². The van der Waals surface area contributed by atoms with Crippen LogP contribution in [0.2, 0.25) is 0 Å². The zero-order valence-corrected chi connectivity index (χ0v) is 13.7. The normalized spacial score (nSPS) is 11.2. The third-order valence-electron chi connectivity index (χ3n) is 3.05. The molecular weight excluding hydrogens is 404 g/mol. The van der Waals surface area contributed by atoms with Crippen LogP contribution in [0.4, 0.5) is 5.69 Å². The van der Waals surface area contributed by atoms with Gasteiger partial charge in [0.05, 0.1) is 28.5 Å². The number of aromatic nitrogens is 1. The number of nitrogens with zero attached hydrogens (tertiary/aromatic N) is 2. The van der Waals surface area contributed by atoms with E-state index in [9.17, 15) is 10.1 Å². The summed E-state index contributed by atoms with van der Waals surface area (Å²) in [6, 6.07) is 10.6. The van der Waals surface area contributed by atoms with E-state index in [0.717, 1.165) is 16.6 Å². The van der Waals surface area contributed by atoms with Crippen molar-refractivity contribution < 1.29 is 9.34 Å². The molecule has 0 bridgehead atoms. The summed E-state index contributed by atoms with van der Waals surface area (Å²) in [6.07, 6.45) is 1.32. The van der Waals surface area contributed by atoms with Gasteiger partial charge in [-0.25, -0.2) is 0 Å². The van der Waals surface area contributed by atoms with Crippen LogP contribution in [0.15, 0.2) is 47.1 Å². The van der Waals surface area contributed by atoms with E-state index < -0.39 is 4.92 Å². The number of para-hydroxylation sites is 1. The van der Waals surface area contributed by atoms with Gasteiger partial charge < -0.3 is 4.42 Å². The molecule has 0 spiro atoms. The van der Waals surface area contributed by atoms with Gasteiger partial charge in [0.25, 0.3) is 0 Å². The molecule has 0 amide bonds. The maximum absolute atomic E-state index is 11.1. The highest BCUT2D eigenvalue weighted by atomic mass is 79.9. The smallest absolute Gasteiger partial charge is 0.315 e. The van der Waals surface area contributed by atoms with Crippen molar-refractivity contribution >= 4 is 48.5 Å². The largest absolute Gasteiger partial charge is 0.457 e. The Morgan fingerprint density at radius 3 is 2.71 bits per heavy atom. The molecule has 7 heteroatoms. The zero-order chi connectivity index (χ0) is 15.0. The van der Waals surface area contributed by atoms with Crippen LogP contribution in [0.5, 0.6) is 0 Å². The van der Waals surface area contributed by atoms with Gasteiger partial charge in [0.2, 0.25) is 5.76 Å². The molecule has 2 aromatic heterocycles. The van der Waals surface area contributed by atoms with Gasteiger partial charge in [-0.1, -0.05) is 50.1 Å². The zero-order valence-electron chi connectivity index (χ0n) is 10.5. The molecule has 0 atom stereocenters. The van der Waals surface area contributed by atoms with E-state index in [1.165, 1.54) is 12.3 Å². The van der Waals surface area contributed by atoms with Gasteiger partial charge in [0, 0.05) is 10.9 Å². The minimum Gasteiger partial charge on any atom is -0.457 e. The number of hydrogen-bond acceptors (Lipinski definition) is 4. The number of alkyl halides is 2. The number of nitro groups is 1. The SMILES string of the molecule is O=[N+]([O-])c1ccoc1-c1cc(C(Br)Br)nc2ccccc12. The lowest BCUT2D eigenvalue weighted by Crippen LogP contribution is -1.94. The van der Waals surface area contributed by atoms with E-state index in [-0.39, 0.29) is 15.2 Å². The predicted octanol–water partition coefficient (Wildman–Crippen LogP) is 5.19. The molecule has 0 aliphatic rings. The Hall–Kier alpha value is -1.73. The second kappa shape index (κ2) is 5.57. The van der Waals surface area contributed by atoms with Gasteiger partial charge in [0.1, 0.15) is 3.74 Å². The highest BCUT2D eigenvalue weighted by molar-refractivity contribution is 9.24. The molecule has 0 N–H and O–H groups in total. The van der Waals surface area contributed by atoms with Crippen LogP contribution in [-0.4, -0.2) is 9.91 Å². The fraction of sp³-hybridized carbons (Fsp3) is 0.0714. The Bertz CT molecular complexity index is 830. The summed E-state index contributed by atoms with van der Waals surface area (Å²) in [6.45, 7) is 0. The summed E-state index contributed by atoms with van der Waals surface area (Å²) < 4.78 is 5.20. The number of hydrogen-bond donors (Lipinski definition) is 0. The topological polar surface area (TPSA) is 69.2 Å². The monoisotopic (exact) mass is 410 g/mol. The second-order valence-electron chi connectivity index (χ2n) is 4.30. The Morgan fingerprint density at radius 2 is 2.00 bits per heavy atom. The summed E-state index contributed by atoms with van der Waals surface area (Å²) in [5.41, 5.74) is 2.06. The van der Waals surface area contributed by atoms with Crippen LogP contribution >= 0.6 is 31.9 Å². The summed E-state index contributed by atoms with van der Waals surface area (Å²) in [4.78, 5) is 15.2. The first kappa shape index (κ1) is 14.2. The molecule has 0 fully saturated rings. The molecule has 0 radical (unpaired) electrons. The number of furan rings is 1. The van der Waals surface area contributed by atoms with Gasteiger partial charge in [-0.2, -0.15) is 0 Å². The average Bonchev–Trinajstić information content (AvgIpc) is 2.95. The van der Waals surface area contributed by atoms with Crippen molar-refractivity contribution in [3.05, 3.63) is 58.5 Å². The van der Waals surface area contributed by atoms with Crippen molar-refractivity contribution in [1.29, 1.82) is 0 Å². The van der Waals surface area contributed by atoms with E-state index in [0.29, 0.717) is 5.56 Å². The highest BCUT2D eigenvalue weighted by Gasteiger charge is 2.22. The lowest BCUT2D eigenvalue weighted by molar-refractivity contribution is -0.384. The van der Waals surface area contributed by atoms with Crippen molar-refractivity contribution in [3.63, 3.8) is 0 Å². The molecular formula is C14H8Br2N2O3. The summed E-state index contributed by atoms with van der Waals surface area (Å²) in [7, 11) is 0. The lowest BCUT2D eigenvalue weighted by atomic mass is 10.0. The third kappa shape index (κ3) is 2.58. The van der Waals surface area contributed by atoms with Crippen molar-refractivity contribution in [2.75, 3.05) is 0 Å².